The van der Waals surface area contributed by atoms with Crippen molar-refractivity contribution in [2.45, 2.75) is 31.2 Å². The van der Waals surface area contributed by atoms with E-state index in [-0.39, 0.29) is 5.60 Å². The van der Waals surface area contributed by atoms with Gasteiger partial charge >= 0.3 is 0 Å². The first-order chi connectivity index (χ1) is 9.98. The molecule has 0 unspecified atom stereocenters. The number of para-hydroxylation sites is 1. The van der Waals surface area contributed by atoms with Crippen LogP contribution in [0.4, 0.5) is 0 Å². The largest absolute Gasteiger partial charge is 0.483 e. The van der Waals surface area contributed by atoms with Gasteiger partial charge in [0.15, 0.2) is 11.5 Å². The van der Waals surface area contributed by atoms with Gasteiger partial charge in [-0.1, -0.05) is 34.1 Å². The van der Waals surface area contributed by atoms with Crippen molar-refractivity contribution in [1.82, 2.24) is 0 Å². The molecule has 1 heterocycles. The first kappa shape index (κ1) is 14.9. The molecule has 2 aromatic rings. The Bertz CT molecular complexity index is 680. The van der Waals surface area contributed by atoms with Gasteiger partial charge in [0.2, 0.25) is 0 Å². The molecule has 0 amide bonds. The molecule has 1 aliphatic heterocycles. The highest BCUT2D eigenvalue weighted by Gasteiger charge is 2.32. The van der Waals surface area contributed by atoms with Crippen molar-refractivity contribution in [1.29, 1.82) is 0 Å². The van der Waals surface area contributed by atoms with E-state index in [1.807, 2.05) is 24.3 Å². The molecule has 0 saturated carbocycles. The predicted molar refractivity (Wildman–Crippen MR) is 91.7 cm³/mol. The van der Waals surface area contributed by atoms with Crippen LogP contribution in [0.5, 0.6) is 17.2 Å². The second-order valence-corrected chi connectivity index (χ2v) is 7.20. The van der Waals surface area contributed by atoms with Crippen molar-refractivity contribution < 1.29 is 9.47 Å². The van der Waals surface area contributed by atoms with Crippen LogP contribution in [0.15, 0.2) is 40.9 Å². The van der Waals surface area contributed by atoms with Crippen LogP contribution in [-0.2, 0) is 11.8 Å². The van der Waals surface area contributed by atoms with Crippen molar-refractivity contribution in [2.24, 2.45) is 0 Å². The molecule has 1 aliphatic rings. The van der Waals surface area contributed by atoms with Gasteiger partial charge in [0.1, 0.15) is 11.4 Å². The summed E-state index contributed by atoms with van der Waals surface area (Å²) in [5.74, 6) is 2.42. The van der Waals surface area contributed by atoms with Crippen molar-refractivity contribution >= 4 is 31.9 Å². The fourth-order valence-electron chi connectivity index (χ4n) is 2.50. The van der Waals surface area contributed by atoms with E-state index in [1.54, 1.807) is 0 Å². The fourth-order valence-corrected chi connectivity index (χ4v) is 3.35. The summed E-state index contributed by atoms with van der Waals surface area (Å²) in [6, 6.07) is 12.1. The summed E-state index contributed by atoms with van der Waals surface area (Å²) in [4.78, 5) is 0. The molecule has 0 fully saturated rings. The van der Waals surface area contributed by atoms with Gasteiger partial charge in [-0.2, -0.15) is 0 Å². The van der Waals surface area contributed by atoms with Gasteiger partial charge < -0.3 is 9.47 Å². The number of hydrogen-bond donors (Lipinski definition) is 0. The smallest absolute Gasteiger partial charge is 0.169 e. The van der Waals surface area contributed by atoms with Crippen molar-refractivity contribution in [3.8, 4) is 17.2 Å². The lowest BCUT2D eigenvalue weighted by atomic mass is 10.0. The lowest BCUT2D eigenvalue weighted by molar-refractivity contribution is 0.135. The fraction of sp³-hybridized carbons (Fsp3) is 0.294. The van der Waals surface area contributed by atoms with E-state index in [9.17, 15) is 0 Å². The zero-order valence-electron chi connectivity index (χ0n) is 12.0. The van der Waals surface area contributed by atoms with Crippen LogP contribution in [0.3, 0.4) is 0 Å². The Labute approximate surface area is 141 Å². The standard InChI is InChI=1S/C17H16Br2O2/c1-17(2)9-12-4-3-5-15(16(12)21-17)20-14-7-6-11(10-18)8-13(14)19/h3-8H,9-10H2,1-2H3. The molecular formula is C17H16Br2O2. The first-order valence-electron chi connectivity index (χ1n) is 6.82. The highest BCUT2D eigenvalue weighted by Crippen LogP contribution is 2.44. The molecule has 0 N–H and O–H groups in total. The number of alkyl halides is 1. The molecule has 110 valence electrons. The van der Waals surface area contributed by atoms with Crippen molar-refractivity contribution in [3.63, 3.8) is 0 Å². The van der Waals surface area contributed by atoms with Crippen LogP contribution >= 0.6 is 31.9 Å². The molecule has 21 heavy (non-hydrogen) atoms. The van der Waals surface area contributed by atoms with Crippen molar-refractivity contribution in [2.75, 3.05) is 0 Å². The van der Waals surface area contributed by atoms with Crippen LogP contribution in [0.2, 0.25) is 0 Å². The number of rotatable bonds is 3. The Morgan fingerprint density at radius 3 is 2.71 bits per heavy atom. The Balaban J connectivity index is 1.92. The number of benzene rings is 2. The van der Waals surface area contributed by atoms with Gasteiger partial charge in [0, 0.05) is 17.3 Å². The second-order valence-electron chi connectivity index (χ2n) is 5.78. The van der Waals surface area contributed by atoms with Gasteiger partial charge in [-0.3, -0.25) is 0 Å². The van der Waals surface area contributed by atoms with E-state index >= 15 is 0 Å². The molecule has 0 atom stereocenters. The minimum atomic E-state index is -0.168. The predicted octanol–water partition coefficient (Wildman–Crippen LogP) is 5.85. The monoisotopic (exact) mass is 410 g/mol. The summed E-state index contributed by atoms with van der Waals surface area (Å²) in [5.41, 5.74) is 2.23. The highest BCUT2D eigenvalue weighted by atomic mass is 79.9. The molecule has 4 heteroatoms. The summed E-state index contributed by atoms with van der Waals surface area (Å²) >= 11 is 7.02. The summed E-state index contributed by atoms with van der Waals surface area (Å²) in [6.45, 7) is 4.19. The third-order valence-electron chi connectivity index (χ3n) is 3.43. The maximum Gasteiger partial charge on any atom is 0.169 e. The minimum absolute atomic E-state index is 0.168. The van der Waals surface area contributed by atoms with Crippen LogP contribution < -0.4 is 9.47 Å². The lowest BCUT2D eigenvalue weighted by Gasteiger charge is -2.18. The Hall–Kier alpha value is -1.00. The van der Waals surface area contributed by atoms with E-state index in [0.717, 1.165) is 33.5 Å². The lowest BCUT2D eigenvalue weighted by Crippen LogP contribution is -2.24. The second kappa shape index (κ2) is 5.65. The average molecular weight is 412 g/mol. The minimum Gasteiger partial charge on any atom is -0.483 e. The molecule has 0 spiro atoms. The number of fused-ring (bicyclic) bond motifs is 1. The molecule has 0 saturated heterocycles. The quantitative estimate of drug-likeness (QED) is 0.589. The summed E-state index contributed by atoms with van der Waals surface area (Å²) in [6.07, 6.45) is 0.906. The SMILES string of the molecule is CC1(C)Cc2cccc(Oc3ccc(CBr)cc3Br)c2O1. The molecule has 0 aromatic heterocycles. The third-order valence-corrected chi connectivity index (χ3v) is 4.69. The van der Waals surface area contributed by atoms with E-state index in [2.05, 4.69) is 57.8 Å². The zero-order valence-corrected chi connectivity index (χ0v) is 15.1. The molecule has 0 aliphatic carbocycles. The van der Waals surface area contributed by atoms with E-state index in [0.29, 0.717) is 0 Å². The normalized spacial score (nSPS) is 15.4. The Morgan fingerprint density at radius 2 is 2.00 bits per heavy atom. The molecule has 2 nitrogen and oxygen atoms in total. The molecular weight excluding hydrogens is 396 g/mol. The topological polar surface area (TPSA) is 18.5 Å². The van der Waals surface area contributed by atoms with Gasteiger partial charge in [-0.25, -0.2) is 0 Å². The summed E-state index contributed by atoms with van der Waals surface area (Å²) in [7, 11) is 0. The molecule has 2 aromatic carbocycles. The zero-order chi connectivity index (χ0) is 15.0. The highest BCUT2D eigenvalue weighted by molar-refractivity contribution is 9.10. The van der Waals surface area contributed by atoms with Gasteiger partial charge in [0.25, 0.3) is 0 Å². The molecule has 0 bridgehead atoms. The van der Waals surface area contributed by atoms with Crippen LogP contribution in [-0.4, -0.2) is 5.60 Å². The number of hydrogen-bond acceptors (Lipinski definition) is 2. The maximum atomic E-state index is 6.06. The average Bonchev–Trinajstić information content (AvgIpc) is 2.76. The van der Waals surface area contributed by atoms with Gasteiger partial charge in [-0.05, 0) is 53.5 Å². The molecule has 0 radical (unpaired) electrons. The van der Waals surface area contributed by atoms with Gasteiger partial charge in [0.05, 0.1) is 4.47 Å². The number of halogens is 2. The van der Waals surface area contributed by atoms with E-state index < -0.39 is 0 Å². The van der Waals surface area contributed by atoms with Gasteiger partial charge in [-0.15, -0.1) is 0 Å². The third kappa shape index (κ3) is 3.11. The Morgan fingerprint density at radius 1 is 1.19 bits per heavy atom. The van der Waals surface area contributed by atoms with E-state index in [4.69, 9.17) is 9.47 Å². The van der Waals surface area contributed by atoms with Crippen LogP contribution in [0.25, 0.3) is 0 Å². The summed E-state index contributed by atoms with van der Waals surface area (Å²) in [5, 5.41) is 0.823. The van der Waals surface area contributed by atoms with E-state index in [1.165, 1.54) is 11.1 Å². The van der Waals surface area contributed by atoms with Crippen molar-refractivity contribution in [3.05, 3.63) is 52.0 Å². The first-order valence-corrected chi connectivity index (χ1v) is 8.73. The summed E-state index contributed by atoms with van der Waals surface area (Å²) < 4.78 is 13.0. The Kier molecular flexibility index (Phi) is 4.02. The maximum absolute atomic E-state index is 6.06. The molecule has 3 rings (SSSR count). The van der Waals surface area contributed by atoms with Crippen LogP contribution in [0, 0.1) is 0 Å². The van der Waals surface area contributed by atoms with Crippen LogP contribution in [0.1, 0.15) is 25.0 Å². The number of ether oxygens (including phenoxy) is 2.